The highest BCUT2D eigenvalue weighted by atomic mass is 79.9. The fraction of sp³-hybridized carbons (Fsp3) is 0.176. The van der Waals surface area contributed by atoms with Crippen LogP contribution >= 0.6 is 15.9 Å². The fourth-order valence-corrected chi connectivity index (χ4v) is 2.80. The van der Waals surface area contributed by atoms with Gasteiger partial charge in [-0.25, -0.2) is 4.79 Å². The molecule has 9 heteroatoms. The first-order valence-electron chi connectivity index (χ1n) is 7.44. The number of nitrogens with two attached hydrogens (primary N) is 1. The van der Waals surface area contributed by atoms with Crippen LogP contribution in [0.2, 0.25) is 0 Å². The van der Waals surface area contributed by atoms with Gasteiger partial charge >= 0.3 is 12.2 Å². The van der Waals surface area contributed by atoms with Crippen LogP contribution in [0, 0.1) is 0 Å². The number of carbonyl (C=O) groups is 2. The van der Waals surface area contributed by atoms with Gasteiger partial charge < -0.3 is 16.4 Å². The van der Waals surface area contributed by atoms with E-state index in [0.717, 1.165) is 6.07 Å². The summed E-state index contributed by atoms with van der Waals surface area (Å²) in [7, 11) is 0. The molecule has 0 saturated heterocycles. The number of amides is 3. The predicted molar refractivity (Wildman–Crippen MR) is 94.3 cm³/mol. The third-order valence-electron chi connectivity index (χ3n) is 3.46. The molecule has 26 heavy (non-hydrogen) atoms. The number of nitrogens with one attached hydrogen (secondary N) is 2. The molecule has 0 aromatic heterocycles. The van der Waals surface area contributed by atoms with Crippen molar-refractivity contribution in [1.82, 2.24) is 5.32 Å². The molecule has 0 fully saturated rings. The van der Waals surface area contributed by atoms with E-state index in [1.165, 1.54) is 12.1 Å². The van der Waals surface area contributed by atoms with E-state index in [9.17, 15) is 22.8 Å². The summed E-state index contributed by atoms with van der Waals surface area (Å²) in [5.41, 5.74) is 4.88. The van der Waals surface area contributed by atoms with Crippen molar-refractivity contribution in [2.24, 2.45) is 5.73 Å². The van der Waals surface area contributed by atoms with Gasteiger partial charge in [0.1, 0.15) is 0 Å². The second-order valence-corrected chi connectivity index (χ2v) is 6.27. The summed E-state index contributed by atoms with van der Waals surface area (Å²) < 4.78 is 38.7. The van der Waals surface area contributed by atoms with Gasteiger partial charge in [-0.05, 0) is 23.8 Å². The Kier molecular flexibility index (Phi) is 6.25. The molecule has 3 amide bonds. The first-order chi connectivity index (χ1) is 12.2. The molecule has 2 aromatic rings. The lowest BCUT2D eigenvalue weighted by Gasteiger charge is -2.18. The first-order valence-corrected chi connectivity index (χ1v) is 8.23. The maximum absolute atomic E-state index is 12.9. The van der Waals surface area contributed by atoms with Crippen molar-refractivity contribution in [3.05, 3.63) is 64.1 Å². The van der Waals surface area contributed by atoms with Crippen molar-refractivity contribution in [3.63, 3.8) is 0 Å². The van der Waals surface area contributed by atoms with Crippen molar-refractivity contribution in [1.29, 1.82) is 0 Å². The number of anilines is 1. The highest BCUT2D eigenvalue weighted by Crippen LogP contribution is 2.36. The van der Waals surface area contributed by atoms with Gasteiger partial charge in [0.25, 0.3) is 0 Å². The topological polar surface area (TPSA) is 84.2 Å². The molecule has 2 rings (SSSR count). The lowest BCUT2D eigenvalue weighted by molar-refractivity contribution is -0.138. The summed E-state index contributed by atoms with van der Waals surface area (Å²) in [5, 5.41) is 4.85. The summed E-state index contributed by atoms with van der Waals surface area (Å²) >= 11 is 2.84. The molecular weight excluding hydrogens is 415 g/mol. The standard InChI is InChI=1S/C17H15BrF3N3O2/c18-13-7-6-11(8-12(13)17(19,20)21)23-15(25)9-14(24-16(22)26)10-4-2-1-3-5-10/h1-8,14H,9H2,(H,23,25)(H3,22,24,26). The van der Waals surface area contributed by atoms with E-state index in [1.807, 2.05) is 0 Å². The van der Waals surface area contributed by atoms with E-state index >= 15 is 0 Å². The minimum absolute atomic E-state index is 0.00332. The van der Waals surface area contributed by atoms with Gasteiger partial charge in [-0.15, -0.1) is 0 Å². The lowest BCUT2D eigenvalue weighted by Crippen LogP contribution is -2.35. The number of carbonyl (C=O) groups excluding carboxylic acids is 2. The molecule has 0 aliphatic heterocycles. The van der Waals surface area contributed by atoms with Gasteiger partial charge in [-0.1, -0.05) is 46.3 Å². The molecule has 0 bridgehead atoms. The summed E-state index contributed by atoms with van der Waals surface area (Å²) in [4.78, 5) is 23.4. The Morgan fingerprint density at radius 3 is 2.35 bits per heavy atom. The number of hydrogen-bond donors (Lipinski definition) is 3. The van der Waals surface area contributed by atoms with Gasteiger partial charge in [0.2, 0.25) is 5.91 Å². The van der Waals surface area contributed by atoms with Crippen LogP contribution in [0.15, 0.2) is 53.0 Å². The van der Waals surface area contributed by atoms with E-state index in [4.69, 9.17) is 5.73 Å². The van der Waals surface area contributed by atoms with Crippen LogP contribution in [0.3, 0.4) is 0 Å². The van der Waals surface area contributed by atoms with Crippen molar-refractivity contribution in [3.8, 4) is 0 Å². The monoisotopic (exact) mass is 429 g/mol. The van der Waals surface area contributed by atoms with Crippen molar-refractivity contribution >= 4 is 33.6 Å². The number of hydrogen-bond acceptors (Lipinski definition) is 2. The van der Waals surface area contributed by atoms with Crippen molar-refractivity contribution in [2.75, 3.05) is 5.32 Å². The molecule has 0 saturated carbocycles. The van der Waals surface area contributed by atoms with Crippen LogP contribution in [0.25, 0.3) is 0 Å². The van der Waals surface area contributed by atoms with Crippen LogP contribution < -0.4 is 16.4 Å². The Balaban J connectivity index is 2.14. The Labute approximate surface area is 155 Å². The molecule has 0 heterocycles. The molecule has 0 aliphatic carbocycles. The van der Waals surface area contributed by atoms with E-state index in [0.29, 0.717) is 5.56 Å². The van der Waals surface area contributed by atoms with Crippen LogP contribution in [0.1, 0.15) is 23.6 Å². The summed E-state index contributed by atoms with van der Waals surface area (Å²) in [6.07, 6.45) is -4.75. The Bertz CT molecular complexity index is 798. The zero-order valence-corrected chi connectivity index (χ0v) is 14.9. The van der Waals surface area contributed by atoms with E-state index in [2.05, 4.69) is 26.6 Å². The van der Waals surface area contributed by atoms with Crippen LogP contribution in [-0.4, -0.2) is 11.9 Å². The molecular formula is C17H15BrF3N3O2. The Morgan fingerprint density at radius 2 is 1.77 bits per heavy atom. The average Bonchev–Trinajstić information content (AvgIpc) is 2.55. The Hall–Kier alpha value is -2.55. The molecule has 1 unspecified atom stereocenters. The molecule has 0 radical (unpaired) electrons. The Morgan fingerprint density at radius 1 is 1.12 bits per heavy atom. The minimum Gasteiger partial charge on any atom is -0.352 e. The highest BCUT2D eigenvalue weighted by Gasteiger charge is 2.33. The van der Waals surface area contributed by atoms with Gasteiger partial charge in [0.05, 0.1) is 18.0 Å². The quantitative estimate of drug-likeness (QED) is 0.664. The molecule has 138 valence electrons. The maximum Gasteiger partial charge on any atom is 0.417 e. The van der Waals surface area contributed by atoms with Crippen molar-refractivity contribution < 1.29 is 22.8 Å². The molecule has 5 nitrogen and oxygen atoms in total. The van der Waals surface area contributed by atoms with Gasteiger partial charge in [-0.3, -0.25) is 4.79 Å². The highest BCUT2D eigenvalue weighted by molar-refractivity contribution is 9.10. The molecule has 2 aromatic carbocycles. The third kappa shape index (κ3) is 5.48. The number of primary amides is 1. The second kappa shape index (κ2) is 8.22. The molecule has 0 aliphatic rings. The van der Waals surface area contributed by atoms with E-state index < -0.39 is 29.7 Å². The number of benzene rings is 2. The first kappa shape index (κ1) is 19.8. The zero-order chi connectivity index (χ0) is 19.3. The largest absolute Gasteiger partial charge is 0.417 e. The summed E-state index contributed by atoms with van der Waals surface area (Å²) in [5.74, 6) is -0.567. The zero-order valence-electron chi connectivity index (χ0n) is 13.3. The summed E-state index contributed by atoms with van der Waals surface area (Å²) in [6, 6.07) is 10.5. The minimum atomic E-state index is -4.56. The lowest BCUT2D eigenvalue weighted by atomic mass is 10.0. The SMILES string of the molecule is NC(=O)NC(CC(=O)Nc1ccc(Br)c(C(F)(F)F)c1)c1ccccc1. The maximum atomic E-state index is 12.9. The van der Waals surface area contributed by atoms with E-state index in [1.54, 1.807) is 30.3 Å². The van der Waals surface area contributed by atoms with E-state index in [-0.39, 0.29) is 16.6 Å². The van der Waals surface area contributed by atoms with Gasteiger partial charge in [-0.2, -0.15) is 13.2 Å². The average molecular weight is 430 g/mol. The number of alkyl halides is 3. The van der Waals surface area contributed by atoms with Crippen LogP contribution in [-0.2, 0) is 11.0 Å². The smallest absolute Gasteiger partial charge is 0.352 e. The van der Waals surface area contributed by atoms with Crippen LogP contribution in [0.4, 0.5) is 23.7 Å². The van der Waals surface area contributed by atoms with Crippen molar-refractivity contribution in [2.45, 2.75) is 18.6 Å². The fourth-order valence-electron chi connectivity index (χ4n) is 2.33. The number of urea groups is 1. The summed E-state index contributed by atoms with van der Waals surface area (Å²) in [6.45, 7) is 0. The molecule has 4 N–H and O–H groups in total. The van der Waals surface area contributed by atoms with Gasteiger partial charge in [0, 0.05) is 10.2 Å². The molecule has 0 spiro atoms. The van der Waals surface area contributed by atoms with Crippen LogP contribution in [0.5, 0.6) is 0 Å². The third-order valence-corrected chi connectivity index (χ3v) is 4.15. The normalized spacial score (nSPS) is 12.3. The number of halogens is 4. The number of rotatable bonds is 5. The predicted octanol–water partition coefficient (Wildman–Crippen LogP) is 4.21. The van der Waals surface area contributed by atoms with Gasteiger partial charge in [0.15, 0.2) is 0 Å². The molecule has 1 atom stereocenters. The second-order valence-electron chi connectivity index (χ2n) is 5.42.